The minimum atomic E-state index is -2.72. The van der Waals surface area contributed by atoms with Gasteiger partial charge in [0.15, 0.2) is 0 Å². The summed E-state index contributed by atoms with van der Waals surface area (Å²) in [5, 5.41) is 6.21. The molecule has 0 saturated carbocycles. The summed E-state index contributed by atoms with van der Waals surface area (Å²) in [6.45, 7) is 3.48. The van der Waals surface area contributed by atoms with E-state index in [0.717, 1.165) is 16.6 Å². The maximum Gasteiger partial charge on any atom is 0.323 e. The Labute approximate surface area is 197 Å². The molecular formula is C24H30F2N6O2. The van der Waals surface area contributed by atoms with Crippen molar-refractivity contribution in [2.75, 3.05) is 25.5 Å². The minimum absolute atomic E-state index is 0.190. The number of pyridine rings is 2. The van der Waals surface area contributed by atoms with Gasteiger partial charge in [-0.3, -0.25) is 9.47 Å². The monoisotopic (exact) mass is 472 g/mol. The zero-order chi connectivity index (χ0) is 24.9. The number of aryl methyl sites for hydroxylation is 1. The molecule has 0 bridgehead atoms. The summed E-state index contributed by atoms with van der Waals surface area (Å²) in [5.74, 6) is -2.31. The number of nitrogens with zero attached hydrogens (tertiary/aromatic N) is 4. The van der Waals surface area contributed by atoms with Gasteiger partial charge in [0.05, 0.1) is 17.4 Å². The number of halogens is 2. The molecule has 182 valence electrons. The van der Waals surface area contributed by atoms with Gasteiger partial charge in [-0.15, -0.1) is 0 Å². The summed E-state index contributed by atoms with van der Waals surface area (Å²) in [4.78, 5) is 33.6. The second-order valence-electron chi connectivity index (χ2n) is 8.85. The van der Waals surface area contributed by atoms with Gasteiger partial charge in [-0.05, 0) is 57.1 Å². The molecule has 10 heteroatoms. The molecule has 0 aliphatic carbocycles. The number of urea groups is 1. The third-order valence-electron chi connectivity index (χ3n) is 5.49. The van der Waals surface area contributed by atoms with E-state index < -0.39 is 17.5 Å². The standard InChI is InChI=1S/C24H30F2N6O2/c1-23(2,16-33)30-22(34)31(4)20-6-5-19(15-28-20)32-12-8-18-13-17(14-29-21(18)32)7-9-24(25,26)10-11-27-3/h5-6,8,12-16,27H,7,9-11H2,1-4H3,(H,30,34). The summed E-state index contributed by atoms with van der Waals surface area (Å²) in [6, 6.07) is 6.79. The van der Waals surface area contributed by atoms with Crippen LogP contribution in [0.3, 0.4) is 0 Å². The third-order valence-corrected chi connectivity index (χ3v) is 5.49. The minimum Gasteiger partial charge on any atom is -0.326 e. The highest BCUT2D eigenvalue weighted by atomic mass is 19.3. The molecule has 3 rings (SSSR count). The molecule has 34 heavy (non-hydrogen) atoms. The Balaban J connectivity index is 1.72. The first kappa shape index (κ1) is 25.2. The highest BCUT2D eigenvalue weighted by molar-refractivity contribution is 5.92. The summed E-state index contributed by atoms with van der Waals surface area (Å²) in [6.07, 6.45) is 5.58. The number of aromatic nitrogens is 3. The van der Waals surface area contributed by atoms with Crippen molar-refractivity contribution in [3.05, 3.63) is 48.4 Å². The van der Waals surface area contributed by atoms with E-state index >= 15 is 0 Å². The summed E-state index contributed by atoms with van der Waals surface area (Å²) in [5.41, 5.74) is 1.19. The second kappa shape index (κ2) is 10.3. The largest absolute Gasteiger partial charge is 0.326 e. The van der Waals surface area contributed by atoms with E-state index in [2.05, 4.69) is 20.6 Å². The summed E-state index contributed by atoms with van der Waals surface area (Å²) >= 11 is 0. The van der Waals surface area contributed by atoms with Crippen molar-refractivity contribution < 1.29 is 18.4 Å². The van der Waals surface area contributed by atoms with E-state index in [9.17, 15) is 18.4 Å². The van der Waals surface area contributed by atoms with Crippen LogP contribution in [0, 0.1) is 0 Å². The zero-order valence-electron chi connectivity index (χ0n) is 19.8. The number of nitrogens with one attached hydrogen (secondary N) is 2. The molecule has 3 aromatic rings. The predicted octanol–water partition coefficient (Wildman–Crippen LogP) is 3.72. The van der Waals surface area contributed by atoms with Crippen molar-refractivity contribution in [3.8, 4) is 5.69 Å². The average Bonchev–Trinajstić information content (AvgIpc) is 3.24. The number of hydrogen-bond acceptors (Lipinski definition) is 5. The predicted molar refractivity (Wildman–Crippen MR) is 128 cm³/mol. The van der Waals surface area contributed by atoms with Crippen LogP contribution in [0.25, 0.3) is 16.7 Å². The molecule has 0 radical (unpaired) electrons. The maximum absolute atomic E-state index is 14.0. The van der Waals surface area contributed by atoms with E-state index in [1.165, 1.54) is 4.90 Å². The molecule has 0 atom stereocenters. The molecule has 0 spiro atoms. The van der Waals surface area contributed by atoms with Crippen LogP contribution in [-0.4, -0.2) is 59.0 Å². The van der Waals surface area contributed by atoms with Crippen LogP contribution in [-0.2, 0) is 11.2 Å². The van der Waals surface area contributed by atoms with E-state index in [0.29, 0.717) is 17.8 Å². The Morgan fingerprint density at radius 2 is 1.94 bits per heavy atom. The molecule has 8 nitrogen and oxygen atoms in total. The van der Waals surface area contributed by atoms with Gasteiger partial charge in [-0.2, -0.15) is 0 Å². The summed E-state index contributed by atoms with van der Waals surface area (Å²) < 4.78 is 29.8. The van der Waals surface area contributed by atoms with Crippen LogP contribution in [0.5, 0.6) is 0 Å². The lowest BCUT2D eigenvalue weighted by Crippen LogP contribution is -2.50. The number of fused-ring (bicyclic) bond motifs is 1. The molecular weight excluding hydrogens is 442 g/mol. The van der Waals surface area contributed by atoms with Gasteiger partial charge in [-0.25, -0.2) is 23.5 Å². The molecule has 0 saturated heterocycles. The zero-order valence-corrected chi connectivity index (χ0v) is 19.8. The van der Waals surface area contributed by atoms with Gasteiger partial charge in [-0.1, -0.05) is 0 Å². The lowest BCUT2D eigenvalue weighted by atomic mass is 10.0. The van der Waals surface area contributed by atoms with Crippen molar-refractivity contribution >= 4 is 29.2 Å². The topological polar surface area (TPSA) is 92.2 Å². The lowest BCUT2D eigenvalue weighted by Gasteiger charge is -2.24. The number of hydrogen-bond donors (Lipinski definition) is 2. The van der Waals surface area contributed by atoms with E-state index in [1.807, 2.05) is 22.9 Å². The molecule has 0 unspecified atom stereocenters. The molecule has 0 fully saturated rings. The van der Waals surface area contributed by atoms with Gasteiger partial charge in [0, 0.05) is 44.2 Å². The number of amides is 2. The van der Waals surface area contributed by atoms with Crippen molar-refractivity contribution in [3.63, 3.8) is 0 Å². The van der Waals surface area contributed by atoms with Gasteiger partial charge >= 0.3 is 6.03 Å². The van der Waals surface area contributed by atoms with Gasteiger partial charge in [0.2, 0.25) is 5.92 Å². The van der Waals surface area contributed by atoms with Crippen molar-refractivity contribution in [1.29, 1.82) is 0 Å². The smallest absolute Gasteiger partial charge is 0.323 e. The fraction of sp³-hybridized carbons (Fsp3) is 0.417. The van der Waals surface area contributed by atoms with Gasteiger partial charge in [0.25, 0.3) is 0 Å². The van der Waals surface area contributed by atoms with Crippen LogP contribution in [0.15, 0.2) is 42.9 Å². The van der Waals surface area contributed by atoms with Crippen LogP contribution in [0.1, 0.15) is 32.3 Å². The second-order valence-corrected chi connectivity index (χ2v) is 8.85. The maximum atomic E-state index is 14.0. The number of rotatable bonds is 10. The van der Waals surface area contributed by atoms with Gasteiger partial charge < -0.3 is 15.4 Å². The molecule has 2 amide bonds. The molecule has 0 aliphatic rings. The molecule has 3 aromatic heterocycles. The Kier molecular flexibility index (Phi) is 7.61. The lowest BCUT2D eigenvalue weighted by molar-refractivity contribution is -0.111. The number of aldehydes is 1. The third kappa shape index (κ3) is 6.13. The Morgan fingerprint density at radius 3 is 2.59 bits per heavy atom. The van der Waals surface area contributed by atoms with E-state index in [4.69, 9.17) is 0 Å². The number of carbonyl (C=O) groups is 2. The highest BCUT2D eigenvalue weighted by Gasteiger charge is 2.27. The summed E-state index contributed by atoms with van der Waals surface area (Å²) in [7, 11) is 3.22. The quantitative estimate of drug-likeness (QED) is 0.439. The van der Waals surface area contributed by atoms with Gasteiger partial charge in [0.1, 0.15) is 17.8 Å². The highest BCUT2D eigenvalue weighted by Crippen LogP contribution is 2.26. The van der Waals surface area contributed by atoms with Crippen LogP contribution in [0.4, 0.5) is 19.4 Å². The molecule has 2 N–H and O–H groups in total. The van der Waals surface area contributed by atoms with Crippen molar-refractivity contribution in [2.24, 2.45) is 0 Å². The Morgan fingerprint density at radius 1 is 1.18 bits per heavy atom. The fourth-order valence-corrected chi connectivity index (χ4v) is 3.39. The number of alkyl halides is 2. The number of carbonyl (C=O) groups excluding carboxylic acids is 2. The normalized spacial score (nSPS) is 12.1. The SMILES string of the molecule is CNCCC(F)(F)CCc1cnc2c(ccn2-c2ccc(N(C)C(=O)NC(C)(C)C=O)nc2)c1. The fourth-order valence-electron chi connectivity index (χ4n) is 3.39. The van der Waals surface area contributed by atoms with Crippen LogP contribution >= 0.6 is 0 Å². The van der Waals surface area contributed by atoms with Crippen molar-refractivity contribution in [2.45, 2.75) is 44.6 Å². The molecule has 0 aliphatic heterocycles. The average molecular weight is 473 g/mol. The first-order valence-electron chi connectivity index (χ1n) is 11.0. The molecule has 3 heterocycles. The Bertz CT molecular complexity index is 1140. The van der Waals surface area contributed by atoms with Crippen molar-refractivity contribution in [1.82, 2.24) is 25.2 Å². The first-order valence-corrected chi connectivity index (χ1v) is 11.0. The van der Waals surface area contributed by atoms with E-state index in [1.54, 1.807) is 52.5 Å². The first-order chi connectivity index (χ1) is 16.0. The van der Waals surface area contributed by atoms with Crippen LogP contribution in [0.2, 0.25) is 0 Å². The van der Waals surface area contributed by atoms with E-state index in [-0.39, 0.29) is 25.8 Å². The number of anilines is 1. The molecule has 0 aromatic carbocycles. The van der Waals surface area contributed by atoms with Crippen LogP contribution < -0.4 is 15.5 Å². The Hall–Kier alpha value is -3.40.